The Balaban J connectivity index is 1.50. The van der Waals surface area contributed by atoms with Gasteiger partial charge in [0.1, 0.15) is 0 Å². The number of carbonyl (C=O) groups excluding carboxylic acids is 1. The molecule has 0 amide bonds. The van der Waals surface area contributed by atoms with Crippen molar-refractivity contribution >= 4 is 48.5 Å². The predicted octanol–water partition coefficient (Wildman–Crippen LogP) is 4.84. The van der Waals surface area contributed by atoms with Crippen LogP contribution in [0.25, 0.3) is 11.0 Å². The van der Waals surface area contributed by atoms with Crippen molar-refractivity contribution in [1.82, 2.24) is 9.55 Å². The summed E-state index contributed by atoms with van der Waals surface area (Å²) in [4.78, 5) is 16.8. The van der Waals surface area contributed by atoms with Crippen molar-refractivity contribution in [2.45, 2.75) is 28.3 Å². The molecule has 0 saturated heterocycles. The van der Waals surface area contributed by atoms with Crippen molar-refractivity contribution in [2.24, 2.45) is 0 Å². The normalized spacial score (nSPS) is 11.0. The summed E-state index contributed by atoms with van der Waals surface area (Å²) in [5.74, 6) is 0. The molecule has 4 rings (SSSR count). The van der Waals surface area contributed by atoms with Gasteiger partial charge in [0.05, 0.1) is 0 Å². The molecule has 0 bridgehead atoms. The second-order valence-corrected chi connectivity index (χ2v) is 9.83. The zero-order chi connectivity index (χ0) is 19.2. The molecule has 0 spiro atoms. The Kier molecular flexibility index (Phi) is 6.27. The number of nitrogens with zero attached hydrogens (tertiary/aromatic N) is 2. The van der Waals surface area contributed by atoms with Crippen molar-refractivity contribution in [3.8, 4) is 0 Å². The van der Waals surface area contributed by atoms with Gasteiger partial charge >= 0.3 is 176 Å². The van der Waals surface area contributed by atoms with Gasteiger partial charge in [-0.3, -0.25) is 0 Å². The number of rotatable bonds is 8. The van der Waals surface area contributed by atoms with Crippen LogP contribution >= 0.6 is 11.8 Å². The van der Waals surface area contributed by atoms with Gasteiger partial charge in [-0.1, -0.05) is 0 Å². The van der Waals surface area contributed by atoms with E-state index in [1.54, 1.807) is 11.8 Å². The van der Waals surface area contributed by atoms with Crippen molar-refractivity contribution < 1.29 is 4.79 Å². The van der Waals surface area contributed by atoms with E-state index in [-0.39, 0.29) is 0 Å². The van der Waals surface area contributed by atoms with E-state index in [1.165, 1.54) is 15.3 Å². The molecule has 0 aliphatic rings. The number of aldehydes is 1. The summed E-state index contributed by atoms with van der Waals surface area (Å²) in [5, 5.41) is 2.22. The second kappa shape index (κ2) is 9.24. The maximum atomic E-state index is 10.9. The molecule has 5 heteroatoms. The molecular weight excluding hydrogens is 431 g/mol. The average Bonchev–Trinajstić information content (AvgIpc) is 3.09. The van der Waals surface area contributed by atoms with Gasteiger partial charge in [-0.05, 0) is 0 Å². The van der Waals surface area contributed by atoms with Crippen LogP contribution in [0.5, 0.6) is 0 Å². The molecule has 1 heterocycles. The van der Waals surface area contributed by atoms with Gasteiger partial charge in [-0.2, -0.15) is 0 Å². The van der Waals surface area contributed by atoms with Gasteiger partial charge in [-0.15, -0.1) is 0 Å². The first-order chi connectivity index (χ1) is 13.8. The minimum atomic E-state index is 0.510. The van der Waals surface area contributed by atoms with Crippen LogP contribution in [0, 0.1) is 0 Å². The van der Waals surface area contributed by atoms with E-state index in [1.807, 2.05) is 30.3 Å². The zero-order valence-electron chi connectivity index (χ0n) is 15.3. The Morgan fingerprint density at radius 3 is 2.46 bits per heavy atom. The van der Waals surface area contributed by atoms with E-state index in [2.05, 4.69) is 53.1 Å². The Hall–Kier alpha value is -2.33. The van der Waals surface area contributed by atoms with Crippen LogP contribution in [-0.4, -0.2) is 30.8 Å². The van der Waals surface area contributed by atoms with E-state index in [9.17, 15) is 4.79 Å². The fraction of sp³-hybridized carbons (Fsp3) is 0.130. The third-order valence-corrected chi connectivity index (χ3v) is 7.69. The number of fused-ring (bicyclic) bond motifs is 1. The number of hydrogen-bond donors (Lipinski definition) is 0. The molecule has 0 aliphatic carbocycles. The van der Waals surface area contributed by atoms with E-state index < -0.39 is 0 Å². The monoisotopic (exact) mass is 452 g/mol. The van der Waals surface area contributed by atoms with Gasteiger partial charge in [0.2, 0.25) is 0 Å². The third-order valence-electron chi connectivity index (χ3n) is 4.38. The van der Waals surface area contributed by atoms with Crippen LogP contribution in [-0.2, 0) is 6.54 Å². The van der Waals surface area contributed by atoms with Crippen LogP contribution < -0.4 is 4.46 Å². The summed E-state index contributed by atoms with van der Waals surface area (Å²) in [6.45, 7) is 0.962. The van der Waals surface area contributed by atoms with Crippen molar-refractivity contribution in [3.63, 3.8) is 0 Å². The zero-order valence-corrected chi connectivity index (χ0v) is 17.9. The number of aromatic nitrogens is 2. The summed E-state index contributed by atoms with van der Waals surface area (Å²) < 4.78 is 3.78. The summed E-state index contributed by atoms with van der Waals surface area (Å²) in [5.41, 5.74) is 2.91. The second-order valence-electron chi connectivity index (χ2n) is 6.34. The fourth-order valence-corrected chi connectivity index (χ4v) is 5.73. The molecule has 0 fully saturated rings. The molecule has 0 unspecified atom stereocenters. The predicted molar refractivity (Wildman–Crippen MR) is 117 cm³/mol. The molecule has 0 saturated carbocycles. The molecule has 0 radical (unpaired) electrons. The first-order valence-electron chi connectivity index (χ1n) is 9.20. The summed E-state index contributed by atoms with van der Waals surface area (Å²) >= 11 is 2.16. The van der Waals surface area contributed by atoms with E-state index in [0.29, 0.717) is 20.5 Å². The Bertz CT molecular complexity index is 1060. The number of para-hydroxylation sites is 2. The van der Waals surface area contributed by atoms with E-state index >= 15 is 0 Å². The molecular formula is C23H20N2OSSe. The molecule has 0 atom stereocenters. The molecule has 0 aliphatic heterocycles. The van der Waals surface area contributed by atoms with Crippen molar-refractivity contribution in [1.29, 1.82) is 0 Å². The van der Waals surface area contributed by atoms with Gasteiger partial charge in [0.25, 0.3) is 0 Å². The molecule has 140 valence electrons. The number of imidazole rings is 1. The van der Waals surface area contributed by atoms with Crippen LogP contribution in [0.1, 0.15) is 16.8 Å². The molecule has 28 heavy (non-hydrogen) atoms. The fourth-order valence-electron chi connectivity index (χ4n) is 3.00. The summed E-state index contributed by atoms with van der Waals surface area (Å²) in [7, 11) is 0. The van der Waals surface area contributed by atoms with E-state index in [4.69, 9.17) is 4.98 Å². The van der Waals surface area contributed by atoms with Gasteiger partial charge < -0.3 is 0 Å². The average molecular weight is 451 g/mol. The molecule has 1 aromatic heterocycles. The SMILES string of the molecule is O=Cc1ccc(Sc2nc3ccccc3n2CCC[Se]c2ccccc2)cc1. The van der Waals surface area contributed by atoms with Crippen molar-refractivity contribution in [3.05, 3.63) is 84.4 Å². The van der Waals surface area contributed by atoms with Gasteiger partial charge in [-0.25, -0.2) is 0 Å². The standard InChI is InChI=1S/C23H20N2OSSe/c26-17-18-11-13-19(14-12-18)27-23-24-21-9-4-5-10-22(21)25(23)15-6-16-28-20-7-2-1-3-8-20/h1-5,7-14,17H,6,15-16H2. The first kappa shape index (κ1) is 19.0. The third kappa shape index (κ3) is 4.56. The van der Waals surface area contributed by atoms with Crippen molar-refractivity contribution in [2.75, 3.05) is 0 Å². The number of carbonyl (C=O) groups is 1. The minimum absolute atomic E-state index is 0.510. The quantitative estimate of drug-likeness (QED) is 0.219. The molecule has 3 aromatic carbocycles. The van der Waals surface area contributed by atoms with Crippen LogP contribution in [0.2, 0.25) is 5.32 Å². The van der Waals surface area contributed by atoms with E-state index in [0.717, 1.165) is 34.8 Å². The Morgan fingerprint density at radius 2 is 1.68 bits per heavy atom. The van der Waals surface area contributed by atoms with Gasteiger partial charge in [0, 0.05) is 0 Å². The molecule has 4 aromatic rings. The number of aryl methyl sites for hydroxylation is 1. The van der Waals surface area contributed by atoms with Crippen LogP contribution in [0.15, 0.2) is 88.9 Å². The maximum absolute atomic E-state index is 10.9. The van der Waals surface area contributed by atoms with Gasteiger partial charge in [0.15, 0.2) is 0 Å². The number of hydrogen-bond acceptors (Lipinski definition) is 3. The van der Waals surface area contributed by atoms with Crippen LogP contribution in [0.3, 0.4) is 0 Å². The topological polar surface area (TPSA) is 34.9 Å². The number of benzene rings is 3. The molecule has 3 nitrogen and oxygen atoms in total. The Morgan fingerprint density at radius 1 is 0.929 bits per heavy atom. The van der Waals surface area contributed by atoms with Crippen LogP contribution in [0.4, 0.5) is 0 Å². The molecule has 0 N–H and O–H groups in total. The Labute approximate surface area is 175 Å². The summed E-state index contributed by atoms with van der Waals surface area (Å²) in [6, 6.07) is 26.7. The summed E-state index contributed by atoms with van der Waals surface area (Å²) in [6.07, 6.45) is 2.01. The first-order valence-corrected chi connectivity index (χ1v) is 12.1.